The first-order valence-electron chi connectivity index (χ1n) is 5.89. The lowest BCUT2D eigenvalue weighted by atomic mass is 10.0. The van der Waals surface area contributed by atoms with Gasteiger partial charge in [-0.15, -0.1) is 0 Å². The molecule has 2 rings (SSSR count). The quantitative estimate of drug-likeness (QED) is 0.826. The van der Waals surface area contributed by atoms with Gasteiger partial charge in [0.1, 0.15) is 0 Å². The number of hydrogen-bond acceptors (Lipinski definition) is 1. The fraction of sp³-hybridized carbons (Fsp3) is 0.429. The van der Waals surface area contributed by atoms with Crippen LogP contribution in [-0.4, -0.2) is 6.04 Å². The van der Waals surface area contributed by atoms with E-state index in [1.807, 2.05) is 0 Å². The van der Waals surface area contributed by atoms with Gasteiger partial charge in [-0.2, -0.15) is 0 Å². The zero-order chi connectivity index (χ0) is 11.4. The van der Waals surface area contributed by atoms with Crippen molar-refractivity contribution in [3.05, 3.63) is 46.0 Å². The molecule has 0 radical (unpaired) electrons. The van der Waals surface area contributed by atoms with Crippen LogP contribution >= 0.6 is 15.9 Å². The third-order valence-electron chi connectivity index (χ3n) is 3.06. The average Bonchev–Trinajstić information content (AvgIpc) is 2.29. The molecule has 1 N–H and O–H groups in total. The van der Waals surface area contributed by atoms with E-state index >= 15 is 0 Å². The van der Waals surface area contributed by atoms with E-state index in [4.69, 9.17) is 0 Å². The standard InChI is InChI=1S/C14H18BrN/c1-11-7-8-12(14(15)9-11)10-16-13-5-3-2-4-6-13/h2-3,7-9,13,16H,4-6,10H2,1H3. The normalized spacial score (nSPS) is 20.0. The van der Waals surface area contributed by atoms with Crippen LogP contribution in [0.2, 0.25) is 0 Å². The third kappa shape index (κ3) is 3.19. The minimum atomic E-state index is 0.651. The second kappa shape index (κ2) is 5.65. The van der Waals surface area contributed by atoms with Crippen molar-refractivity contribution in [2.24, 2.45) is 0 Å². The molecule has 1 unspecified atom stereocenters. The van der Waals surface area contributed by atoms with E-state index in [1.165, 1.54) is 34.9 Å². The van der Waals surface area contributed by atoms with Crippen molar-refractivity contribution in [1.29, 1.82) is 0 Å². The van der Waals surface area contributed by atoms with E-state index in [0.717, 1.165) is 6.54 Å². The maximum Gasteiger partial charge on any atom is 0.0222 e. The Labute approximate surface area is 106 Å². The number of benzene rings is 1. The highest BCUT2D eigenvalue weighted by atomic mass is 79.9. The molecule has 1 aromatic rings. The van der Waals surface area contributed by atoms with Gasteiger partial charge in [0.05, 0.1) is 0 Å². The molecule has 0 heterocycles. The highest BCUT2D eigenvalue weighted by Crippen LogP contribution is 2.19. The Bertz CT molecular complexity index is 384. The Morgan fingerprint density at radius 1 is 1.38 bits per heavy atom. The van der Waals surface area contributed by atoms with Crippen LogP contribution in [0.25, 0.3) is 0 Å². The van der Waals surface area contributed by atoms with Crippen LogP contribution in [0.3, 0.4) is 0 Å². The van der Waals surface area contributed by atoms with E-state index in [9.17, 15) is 0 Å². The first kappa shape index (κ1) is 11.9. The highest BCUT2D eigenvalue weighted by Gasteiger charge is 2.09. The van der Waals surface area contributed by atoms with E-state index in [0.29, 0.717) is 6.04 Å². The summed E-state index contributed by atoms with van der Waals surface area (Å²) in [6, 6.07) is 7.20. The van der Waals surface area contributed by atoms with Gasteiger partial charge in [-0.05, 0) is 43.4 Å². The Kier molecular flexibility index (Phi) is 4.19. The van der Waals surface area contributed by atoms with Crippen molar-refractivity contribution < 1.29 is 0 Å². The summed E-state index contributed by atoms with van der Waals surface area (Å²) < 4.78 is 1.21. The molecular weight excluding hydrogens is 262 g/mol. The first-order valence-corrected chi connectivity index (χ1v) is 6.68. The third-order valence-corrected chi connectivity index (χ3v) is 3.80. The largest absolute Gasteiger partial charge is 0.310 e. The van der Waals surface area contributed by atoms with Gasteiger partial charge in [0, 0.05) is 17.1 Å². The maximum atomic E-state index is 3.62. The maximum absolute atomic E-state index is 3.62. The number of rotatable bonds is 3. The van der Waals surface area contributed by atoms with Crippen LogP contribution < -0.4 is 5.32 Å². The average molecular weight is 280 g/mol. The van der Waals surface area contributed by atoms with Crippen LogP contribution in [0, 0.1) is 6.92 Å². The molecule has 16 heavy (non-hydrogen) atoms. The molecule has 0 bridgehead atoms. The molecule has 0 spiro atoms. The van der Waals surface area contributed by atoms with Crippen LogP contribution in [0.1, 0.15) is 30.4 Å². The molecule has 0 fully saturated rings. The van der Waals surface area contributed by atoms with E-state index in [-0.39, 0.29) is 0 Å². The summed E-state index contributed by atoms with van der Waals surface area (Å²) >= 11 is 3.62. The van der Waals surface area contributed by atoms with E-state index < -0.39 is 0 Å². The summed E-state index contributed by atoms with van der Waals surface area (Å²) in [5.41, 5.74) is 2.65. The monoisotopic (exact) mass is 279 g/mol. The summed E-state index contributed by atoms with van der Waals surface area (Å²) in [5.74, 6) is 0. The molecule has 1 aliphatic carbocycles. The Balaban J connectivity index is 1.91. The van der Waals surface area contributed by atoms with Gasteiger partial charge in [-0.1, -0.05) is 40.2 Å². The molecule has 0 saturated heterocycles. The predicted molar refractivity (Wildman–Crippen MR) is 72.5 cm³/mol. The van der Waals surface area contributed by atoms with Crippen molar-refractivity contribution >= 4 is 15.9 Å². The van der Waals surface area contributed by atoms with Gasteiger partial charge in [-0.3, -0.25) is 0 Å². The Morgan fingerprint density at radius 3 is 2.94 bits per heavy atom. The van der Waals surface area contributed by atoms with E-state index in [1.54, 1.807) is 0 Å². The fourth-order valence-corrected chi connectivity index (χ4v) is 2.66. The highest BCUT2D eigenvalue weighted by molar-refractivity contribution is 9.10. The van der Waals surface area contributed by atoms with Crippen molar-refractivity contribution in [3.63, 3.8) is 0 Å². The van der Waals surface area contributed by atoms with Gasteiger partial charge in [-0.25, -0.2) is 0 Å². The summed E-state index contributed by atoms with van der Waals surface area (Å²) in [6.07, 6.45) is 8.21. The summed E-state index contributed by atoms with van der Waals surface area (Å²) in [7, 11) is 0. The van der Waals surface area contributed by atoms with E-state index in [2.05, 4.69) is 58.5 Å². The van der Waals surface area contributed by atoms with Gasteiger partial charge in [0.15, 0.2) is 0 Å². The van der Waals surface area contributed by atoms with Crippen molar-refractivity contribution in [3.8, 4) is 0 Å². The van der Waals surface area contributed by atoms with Crippen LogP contribution in [0.5, 0.6) is 0 Å². The molecule has 0 aromatic heterocycles. The molecule has 0 aliphatic heterocycles. The van der Waals surface area contributed by atoms with Gasteiger partial charge < -0.3 is 5.32 Å². The smallest absolute Gasteiger partial charge is 0.0222 e. The predicted octanol–water partition coefficient (Wildman–Crippen LogP) is 3.96. The minimum absolute atomic E-state index is 0.651. The summed E-state index contributed by atoms with van der Waals surface area (Å²) in [5, 5.41) is 3.62. The molecule has 1 aromatic carbocycles. The Morgan fingerprint density at radius 2 is 2.25 bits per heavy atom. The lowest BCUT2D eigenvalue weighted by Crippen LogP contribution is -2.29. The Hall–Kier alpha value is -0.600. The molecule has 2 heteroatoms. The number of hydrogen-bond donors (Lipinski definition) is 1. The molecular formula is C14H18BrN. The number of nitrogens with one attached hydrogen (secondary N) is 1. The van der Waals surface area contributed by atoms with Crippen molar-refractivity contribution in [1.82, 2.24) is 5.32 Å². The minimum Gasteiger partial charge on any atom is -0.310 e. The van der Waals surface area contributed by atoms with Crippen LogP contribution in [-0.2, 0) is 6.54 Å². The van der Waals surface area contributed by atoms with Gasteiger partial charge in [0.25, 0.3) is 0 Å². The number of allylic oxidation sites excluding steroid dienone is 1. The van der Waals surface area contributed by atoms with Gasteiger partial charge in [0.2, 0.25) is 0 Å². The number of halogens is 1. The topological polar surface area (TPSA) is 12.0 Å². The fourth-order valence-electron chi connectivity index (χ4n) is 2.03. The molecule has 0 saturated carbocycles. The molecule has 1 atom stereocenters. The summed E-state index contributed by atoms with van der Waals surface area (Å²) in [6.45, 7) is 3.08. The zero-order valence-corrected chi connectivity index (χ0v) is 11.3. The van der Waals surface area contributed by atoms with Crippen LogP contribution in [0.15, 0.2) is 34.8 Å². The first-order chi connectivity index (χ1) is 7.75. The molecule has 86 valence electrons. The SMILES string of the molecule is Cc1ccc(CNC2CC=CCC2)c(Br)c1. The molecule has 1 aliphatic rings. The lowest BCUT2D eigenvalue weighted by molar-refractivity contribution is 0.474. The molecule has 0 amide bonds. The summed E-state index contributed by atoms with van der Waals surface area (Å²) in [4.78, 5) is 0. The van der Waals surface area contributed by atoms with Crippen molar-refractivity contribution in [2.45, 2.75) is 38.8 Å². The molecule has 1 nitrogen and oxygen atoms in total. The van der Waals surface area contributed by atoms with Crippen LogP contribution in [0.4, 0.5) is 0 Å². The van der Waals surface area contributed by atoms with Crippen molar-refractivity contribution in [2.75, 3.05) is 0 Å². The lowest BCUT2D eigenvalue weighted by Gasteiger charge is -2.19. The second-order valence-electron chi connectivity index (χ2n) is 4.46. The zero-order valence-electron chi connectivity index (χ0n) is 9.67. The van der Waals surface area contributed by atoms with Gasteiger partial charge >= 0.3 is 0 Å². The second-order valence-corrected chi connectivity index (χ2v) is 5.31. The number of aryl methyl sites for hydroxylation is 1.